The molecule has 2 N–H and O–H groups in total. The Morgan fingerprint density at radius 2 is 1.85 bits per heavy atom. The van der Waals surface area contributed by atoms with Crippen molar-refractivity contribution in [3.8, 4) is 17.2 Å². The minimum Gasteiger partial charge on any atom is -0.493 e. The Morgan fingerprint density at radius 1 is 1.04 bits per heavy atom. The molecule has 0 heterocycles. The normalized spacial score (nSPS) is 10.0. The van der Waals surface area contributed by atoms with Gasteiger partial charge in [0.15, 0.2) is 11.5 Å². The predicted molar refractivity (Wildman–Crippen MR) is 103 cm³/mol. The molecule has 0 aliphatic heterocycles. The topological polar surface area (TPSA) is 85.9 Å². The molecule has 27 heavy (non-hydrogen) atoms. The Morgan fingerprint density at radius 3 is 2.56 bits per heavy atom. The average molecular weight is 372 g/mol. The van der Waals surface area contributed by atoms with Crippen LogP contribution in [0.4, 0.5) is 10.5 Å². The largest absolute Gasteiger partial charge is 0.493 e. The van der Waals surface area contributed by atoms with Gasteiger partial charge in [0.25, 0.3) is 0 Å². The molecule has 2 aromatic rings. The smallest absolute Gasteiger partial charge is 0.343 e. The van der Waals surface area contributed by atoms with Crippen LogP contribution in [0.1, 0.15) is 30.6 Å². The number of nitrogens with one attached hydrogen (secondary N) is 2. The Kier molecular flexibility index (Phi) is 7.49. The molecule has 0 bridgehead atoms. The van der Waals surface area contributed by atoms with E-state index in [9.17, 15) is 9.59 Å². The predicted octanol–water partition coefficient (Wildman–Crippen LogP) is 3.84. The van der Waals surface area contributed by atoms with Crippen LogP contribution >= 0.6 is 0 Å². The van der Waals surface area contributed by atoms with Crippen LogP contribution in [0.15, 0.2) is 42.5 Å². The molecule has 0 atom stereocenters. The van der Waals surface area contributed by atoms with Crippen LogP contribution in [0.5, 0.6) is 17.2 Å². The van der Waals surface area contributed by atoms with Gasteiger partial charge in [0, 0.05) is 18.3 Å². The van der Waals surface area contributed by atoms with Gasteiger partial charge in [0.1, 0.15) is 5.75 Å². The van der Waals surface area contributed by atoms with Crippen molar-refractivity contribution in [1.29, 1.82) is 0 Å². The van der Waals surface area contributed by atoms with E-state index in [0.717, 1.165) is 6.42 Å². The zero-order valence-corrected chi connectivity index (χ0v) is 15.7. The summed E-state index contributed by atoms with van der Waals surface area (Å²) in [4.78, 5) is 24.1. The van der Waals surface area contributed by atoms with Crippen LogP contribution in [0.25, 0.3) is 0 Å². The van der Waals surface area contributed by atoms with Gasteiger partial charge in [-0.1, -0.05) is 13.0 Å². The van der Waals surface area contributed by atoms with E-state index >= 15 is 0 Å². The van der Waals surface area contributed by atoms with E-state index in [0.29, 0.717) is 41.7 Å². The minimum absolute atomic E-state index is 0.309. The van der Waals surface area contributed by atoms with E-state index in [1.807, 2.05) is 13.8 Å². The number of amides is 2. The van der Waals surface area contributed by atoms with Gasteiger partial charge < -0.3 is 24.8 Å². The second kappa shape index (κ2) is 10.1. The first kappa shape index (κ1) is 20.1. The van der Waals surface area contributed by atoms with E-state index in [2.05, 4.69) is 10.6 Å². The molecule has 7 nitrogen and oxygen atoms in total. The Labute approximate surface area is 158 Å². The molecule has 0 aromatic heterocycles. The Balaban J connectivity index is 2.07. The van der Waals surface area contributed by atoms with Crippen molar-refractivity contribution in [2.24, 2.45) is 0 Å². The van der Waals surface area contributed by atoms with Gasteiger partial charge in [0.05, 0.1) is 19.3 Å². The van der Waals surface area contributed by atoms with Gasteiger partial charge in [0.2, 0.25) is 0 Å². The summed E-state index contributed by atoms with van der Waals surface area (Å²) >= 11 is 0. The zero-order chi connectivity index (χ0) is 19.6. The summed E-state index contributed by atoms with van der Waals surface area (Å²) in [5, 5.41) is 5.40. The fraction of sp³-hybridized carbons (Fsp3) is 0.300. The van der Waals surface area contributed by atoms with E-state index in [1.54, 1.807) is 42.5 Å². The fourth-order valence-corrected chi connectivity index (χ4v) is 2.29. The fourth-order valence-electron chi connectivity index (χ4n) is 2.29. The summed E-state index contributed by atoms with van der Waals surface area (Å²) < 4.78 is 16.1. The van der Waals surface area contributed by atoms with Crippen molar-refractivity contribution in [1.82, 2.24) is 5.32 Å². The highest BCUT2D eigenvalue weighted by Crippen LogP contribution is 2.28. The summed E-state index contributed by atoms with van der Waals surface area (Å²) in [7, 11) is 1.51. The number of ether oxygens (including phenoxy) is 3. The molecular weight excluding hydrogens is 348 g/mol. The highest BCUT2D eigenvalue weighted by molar-refractivity contribution is 5.92. The Hall–Kier alpha value is -3.22. The van der Waals surface area contributed by atoms with Crippen molar-refractivity contribution in [3.63, 3.8) is 0 Å². The molecule has 144 valence electrons. The lowest BCUT2D eigenvalue weighted by Gasteiger charge is -2.11. The SMILES string of the molecule is CCCNC(=O)Nc1cccc(OC(=O)c2ccc(OCC)c(OC)c2)c1. The third-order valence-corrected chi connectivity index (χ3v) is 3.54. The molecule has 0 aliphatic rings. The molecule has 2 amide bonds. The number of hydrogen-bond donors (Lipinski definition) is 2. The Bertz CT molecular complexity index is 792. The number of urea groups is 1. The molecule has 0 radical (unpaired) electrons. The first-order chi connectivity index (χ1) is 13.1. The van der Waals surface area contributed by atoms with Crippen molar-refractivity contribution < 1.29 is 23.8 Å². The number of hydrogen-bond acceptors (Lipinski definition) is 5. The van der Waals surface area contributed by atoms with Crippen molar-refractivity contribution in [2.45, 2.75) is 20.3 Å². The van der Waals surface area contributed by atoms with Crippen LogP contribution in [0, 0.1) is 0 Å². The van der Waals surface area contributed by atoms with E-state index in [4.69, 9.17) is 14.2 Å². The van der Waals surface area contributed by atoms with Crippen LogP contribution in [0.2, 0.25) is 0 Å². The number of carbonyl (C=O) groups excluding carboxylic acids is 2. The van der Waals surface area contributed by atoms with Crippen LogP contribution < -0.4 is 24.8 Å². The maximum Gasteiger partial charge on any atom is 0.343 e. The second-order valence-corrected chi connectivity index (χ2v) is 5.60. The van der Waals surface area contributed by atoms with Gasteiger partial charge >= 0.3 is 12.0 Å². The summed E-state index contributed by atoms with van der Waals surface area (Å²) in [5.74, 6) is 0.792. The first-order valence-corrected chi connectivity index (χ1v) is 8.75. The quantitative estimate of drug-likeness (QED) is 0.543. The maximum atomic E-state index is 12.4. The monoisotopic (exact) mass is 372 g/mol. The standard InChI is InChI=1S/C20H24N2O5/c1-4-11-21-20(24)22-15-7-6-8-16(13-15)27-19(23)14-9-10-17(26-5-2)18(12-14)25-3/h6-10,12-13H,4-5,11H2,1-3H3,(H2,21,22,24). The van der Waals surface area contributed by atoms with Crippen LogP contribution in [-0.2, 0) is 0 Å². The molecular formula is C20H24N2O5. The van der Waals surface area contributed by atoms with Gasteiger partial charge in [-0.2, -0.15) is 0 Å². The summed E-state index contributed by atoms with van der Waals surface area (Å²) in [6.07, 6.45) is 0.844. The van der Waals surface area contributed by atoms with Crippen molar-refractivity contribution in [3.05, 3.63) is 48.0 Å². The maximum absolute atomic E-state index is 12.4. The lowest BCUT2D eigenvalue weighted by atomic mass is 10.2. The van der Waals surface area contributed by atoms with Crippen molar-refractivity contribution in [2.75, 3.05) is 25.6 Å². The summed E-state index contributed by atoms with van der Waals surface area (Å²) in [5.41, 5.74) is 0.854. The van der Waals surface area contributed by atoms with Crippen LogP contribution in [0.3, 0.4) is 0 Å². The molecule has 0 unspecified atom stereocenters. The number of esters is 1. The first-order valence-electron chi connectivity index (χ1n) is 8.75. The minimum atomic E-state index is -0.538. The zero-order valence-electron chi connectivity index (χ0n) is 15.7. The second-order valence-electron chi connectivity index (χ2n) is 5.60. The third-order valence-electron chi connectivity index (χ3n) is 3.54. The number of carbonyl (C=O) groups is 2. The molecule has 2 aromatic carbocycles. The molecule has 0 saturated carbocycles. The summed E-state index contributed by atoms with van der Waals surface area (Å²) in [6.45, 7) is 4.91. The van der Waals surface area contributed by atoms with Gasteiger partial charge in [-0.05, 0) is 43.7 Å². The molecule has 7 heteroatoms. The highest BCUT2D eigenvalue weighted by Gasteiger charge is 2.13. The van der Waals surface area contributed by atoms with E-state index in [-0.39, 0.29) is 6.03 Å². The van der Waals surface area contributed by atoms with Crippen molar-refractivity contribution >= 4 is 17.7 Å². The van der Waals surface area contributed by atoms with E-state index < -0.39 is 5.97 Å². The molecule has 0 aliphatic carbocycles. The molecule has 0 spiro atoms. The number of methoxy groups -OCH3 is 1. The van der Waals surface area contributed by atoms with E-state index in [1.165, 1.54) is 7.11 Å². The van der Waals surface area contributed by atoms with Gasteiger partial charge in [-0.25, -0.2) is 9.59 Å². The van der Waals surface area contributed by atoms with Gasteiger partial charge in [-0.3, -0.25) is 0 Å². The summed E-state index contributed by atoms with van der Waals surface area (Å²) in [6, 6.07) is 11.1. The third kappa shape index (κ3) is 5.91. The molecule has 2 rings (SSSR count). The van der Waals surface area contributed by atoms with Crippen LogP contribution in [-0.4, -0.2) is 32.3 Å². The molecule has 0 fully saturated rings. The molecule has 0 saturated heterocycles. The average Bonchev–Trinajstić information content (AvgIpc) is 2.67. The lowest BCUT2D eigenvalue weighted by molar-refractivity contribution is 0.0734. The number of benzene rings is 2. The lowest BCUT2D eigenvalue weighted by Crippen LogP contribution is -2.29. The number of rotatable bonds is 8. The number of anilines is 1. The highest BCUT2D eigenvalue weighted by atomic mass is 16.5. The van der Waals surface area contributed by atoms with Gasteiger partial charge in [-0.15, -0.1) is 0 Å².